The van der Waals surface area contributed by atoms with Gasteiger partial charge in [-0.25, -0.2) is 0 Å². The normalized spacial score (nSPS) is 50.3. The highest BCUT2D eigenvalue weighted by molar-refractivity contribution is 5.09. The molecule has 0 saturated heterocycles. The van der Waals surface area contributed by atoms with E-state index < -0.39 is 0 Å². The molecule has 0 spiro atoms. The van der Waals surface area contributed by atoms with Gasteiger partial charge in [0, 0.05) is 0 Å². The fraction of sp³-hybridized carbons (Fsp3) is 1.00. The second-order valence-corrected chi connectivity index (χ2v) is 11.2. The lowest BCUT2D eigenvalue weighted by molar-refractivity contribution is -0.120. The summed E-state index contributed by atoms with van der Waals surface area (Å²) >= 11 is 0. The van der Waals surface area contributed by atoms with Gasteiger partial charge in [0.2, 0.25) is 0 Å². The van der Waals surface area contributed by atoms with E-state index in [1.165, 1.54) is 19.3 Å². The van der Waals surface area contributed by atoms with Crippen LogP contribution in [0.2, 0.25) is 0 Å². The third-order valence-electron chi connectivity index (χ3n) is 10.3. The van der Waals surface area contributed by atoms with E-state index in [2.05, 4.69) is 34.6 Å². The third kappa shape index (κ3) is 3.10. The molecule has 4 rings (SSSR count). The standard InChI is InChI=1S/C24H42.C2H6/c1-6-18-8-10-21-20-9-7-19-15-17(16(2)3)11-13-24(19,5)22(20)12-14-23(18,21)4;1-2/h16-22H,6-15H2,1-5H3;1-2H3. The molecule has 4 saturated carbocycles. The van der Waals surface area contributed by atoms with Crippen molar-refractivity contribution in [2.45, 2.75) is 113 Å². The number of hydrogen-bond acceptors (Lipinski definition) is 0. The lowest BCUT2D eigenvalue weighted by Gasteiger charge is -2.61. The van der Waals surface area contributed by atoms with E-state index in [1.807, 2.05) is 13.8 Å². The molecule has 4 aliphatic rings. The van der Waals surface area contributed by atoms with Crippen LogP contribution in [0.15, 0.2) is 0 Å². The molecule has 0 heterocycles. The summed E-state index contributed by atoms with van der Waals surface area (Å²) in [4.78, 5) is 0. The number of fused-ring (bicyclic) bond motifs is 5. The monoisotopic (exact) mass is 360 g/mol. The second-order valence-electron chi connectivity index (χ2n) is 11.2. The summed E-state index contributed by atoms with van der Waals surface area (Å²) in [7, 11) is 0. The molecule has 0 heteroatoms. The molecule has 0 N–H and O–H groups in total. The summed E-state index contributed by atoms with van der Waals surface area (Å²) < 4.78 is 0. The van der Waals surface area contributed by atoms with Crippen molar-refractivity contribution < 1.29 is 0 Å². The summed E-state index contributed by atoms with van der Waals surface area (Å²) in [5.74, 6) is 7.22. The van der Waals surface area contributed by atoms with Gasteiger partial charge in [0.05, 0.1) is 0 Å². The molecule has 0 bridgehead atoms. The number of hydrogen-bond donors (Lipinski definition) is 0. The van der Waals surface area contributed by atoms with Crippen LogP contribution in [0.5, 0.6) is 0 Å². The van der Waals surface area contributed by atoms with Crippen molar-refractivity contribution in [2.24, 2.45) is 52.3 Å². The zero-order chi connectivity index (χ0) is 19.1. The Bertz CT molecular complexity index is 465. The molecule has 4 fully saturated rings. The van der Waals surface area contributed by atoms with Gasteiger partial charge in [-0.1, -0.05) is 54.9 Å². The molecular formula is C26H48. The molecule has 0 aromatic carbocycles. The lowest BCUT2D eigenvalue weighted by Crippen LogP contribution is -2.53. The van der Waals surface area contributed by atoms with Gasteiger partial charge in [0.25, 0.3) is 0 Å². The van der Waals surface area contributed by atoms with E-state index in [0.29, 0.717) is 10.8 Å². The Morgan fingerprint density at radius 3 is 2.12 bits per heavy atom. The predicted octanol–water partition coefficient (Wildman–Crippen LogP) is 8.35. The van der Waals surface area contributed by atoms with Crippen LogP contribution in [0.1, 0.15) is 113 Å². The third-order valence-corrected chi connectivity index (χ3v) is 10.3. The molecule has 8 atom stereocenters. The maximum atomic E-state index is 2.74. The van der Waals surface area contributed by atoms with Crippen LogP contribution in [0, 0.1) is 52.3 Å². The van der Waals surface area contributed by atoms with Gasteiger partial charge in [-0.3, -0.25) is 0 Å². The molecule has 152 valence electrons. The second kappa shape index (κ2) is 7.79. The van der Waals surface area contributed by atoms with Crippen molar-refractivity contribution in [2.75, 3.05) is 0 Å². The molecule has 0 nitrogen and oxygen atoms in total. The first kappa shape index (κ1) is 20.7. The van der Waals surface area contributed by atoms with E-state index in [9.17, 15) is 0 Å². The van der Waals surface area contributed by atoms with E-state index in [-0.39, 0.29) is 0 Å². The zero-order valence-electron chi connectivity index (χ0n) is 19.1. The van der Waals surface area contributed by atoms with Crippen molar-refractivity contribution in [1.29, 1.82) is 0 Å². The maximum absolute atomic E-state index is 2.74. The SMILES string of the molecule is CC.CCC1CCC2C3CCC4CC(C(C)C)CCC4(C)C3CCC12C. The molecule has 0 radical (unpaired) electrons. The van der Waals surface area contributed by atoms with Gasteiger partial charge < -0.3 is 0 Å². The fourth-order valence-electron chi connectivity index (χ4n) is 8.68. The maximum Gasteiger partial charge on any atom is -0.0266 e. The first-order valence-electron chi connectivity index (χ1n) is 12.4. The Morgan fingerprint density at radius 1 is 0.808 bits per heavy atom. The Hall–Kier alpha value is 0. The highest BCUT2D eigenvalue weighted by Gasteiger charge is 2.59. The van der Waals surface area contributed by atoms with Crippen LogP contribution in [0.25, 0.3) is 0 Å². The Balaban J connectivity index is 0.000000948. The van der Waals surface area contributed by atoms with E-state index in [0.717, 1.165) is 41.4 Å². The topological polar surface area (TPSA) is 0 Å². The highest BCUT2D eigenvalue weighted by Crippen LogP contribution is 2.68. The molecule has 8 unspecified atom stereocenters. The number of rotatable bonds is 2. The van der Waals surface area contributed by atoms with Gasteiger partial charge >= 0.3 is 0 Å². The van der Waals surface area contributed by atoms with Crippen LogP contribution in [-0.4, -0.2) is 0 Å². The van der Waals surface area contributed by atoms with Gasteiger partial charge in [-0.05, 0) is 110 Å². The summed E-state index contributed by atoms with van der Waals surface area (Å²) in [5, 5.41) is 0. The highest BCUT2D eigenvalue weighted by atomic mass is 14.6. The van der Waals surface area contributed by atoms with Gasteiger partial charge in [0.15, 0.2) is 0 Å². The molecule has 0 aromatic rings. The van der Waals surface area contributed by atoms with Crippen molar-refractivity contribution in [3.05, 3.63) is 0 Å². The summed E-state index contributed by atoms with van der Waals surface area (Å²) in [6, 6.07) is 0. The summed E-state index contributed by atoms with van der Waals surface area (Å²) in [6.45, 7) is 16.8. The van der Waals surface area contributed by atoms with Crippen molar-refractivity contribution in [1.82, 2.24) is 0 Å². The van der Waals surface area contributed by atoms with E-state index in [1.54, 1.807) is 44.9 Å². The molecule has 4 aliphatic carbocycles. The van der Waals surface area contributed by atoms with Crippen LogP contribution in [-0.2, 0) is 0 Å². The summed E-state index contributed by atoms with van der Waals surface area (Å²) in [6.07, 6.45) is 15.4. The minimum atomic E-state index is 0.694. The first-order chi connectivity index (χ1) is 12.4. The van der Waals surface area contributed by atoms with Crippen molar-refractivity contribution in [3.8, 4) is 0 Å². The molecule has 0 aliphatic heterocycles. The Morgan fingerprint density at radius 2 is 1.46 bits per heavy atom. The average Bonchev–Trinajstić information content (AvgIpc) is 2.99. The zero-order valence-corrected chi connectivity index (χ0v) is 19.1. The lowest BCUT2D eigenvalue weighted by atomic mass is 9.44. The molecular weight excluding hydrogens is 312 g/mol. The van der Waals surface area contributed by atoms with E-state index >= 15 is 0 Å². The van der Waals surface area contributed by atoms with Crippen LogP contribution < -0.4 is 0 Å². The van der Waals surface area contributed by atoms with Crippen molar-refractivity contribution in [3.63, 3.8) is 0 Å². The molecule has 0 amide bonds. The molecule has 0 aromatic heterocycles. The first-order valence-corrected chi connectivity index (χ1v) is 12.4. The minimum Gasteiger partial charge on any atom is -0.0683 e. The Kier molecular flexibility index (Phi) is 6.21. The minimum absolute atomic E-state index is 0.694. The average molecular weight is 361 g/mol. The molecule has 26 heavy (non-hydrogen) atoms. The van der Waals surface area contributed by atoms with Gasteiger partial charge in [-0.15, -0.1) is 0 Å². The van der Waals surface area contributed by atoms with Crippen molar-refractivity contribution >= 4 is 0 Å². The summed E-state index contributed by atoms with van der Waals surface area (Å²) in [5.41, 5.74) is 1.40. The van der Waals surface area contributed by atoms with Crippen LogP contribution in [0.3, 0.4) is 0 Å². The quantitative estimate of drug-likeness (QED) is 0.464. The Labute approximate surface area is 165 Å². The van der Waals surface area contributed by atoms with Gasteiger partial charge in [-0.2, -0.15) is 0 Å². The smallest absolute Gasteiger partial charge is 0.0266 e. The van der Waals surface area contributed by atoms with Crippen LogP contribution >= 0.6 is 0 Å². The predicted molar refractivity (Wildman–Crippen MR) is 115 cm³/mol. The van der Waals surface area contributed by atoms with Crippen LogP contribution in [0.4, 0.5) is 0 Å². The van der Waals surface area contributed by atoms with Gasteiger partial charge in [0.1, 0.15) is 0 Å². The largest absolute Gasteiger partial charge is 0.0683 e. The van der Waals surface area contributed by atoms with E-state index in [4.69, 9.17) is 0 Å². The fourth-order valence-corrected chi connectivity index (χ4v) is 8.68.